The molecule has 0 fully saturated rings. The fourth-order valence-corrected chi connectivity index (χ4v) is 0.691. The van der Waals surface area contributed by atoms with E-state index in [4.69, 9.17) is 0 Å². The maximum absolute atomic E-state index is 11.0. The van der Waals surface area contributed by atoms with Gasteiger partial charge in [-0.25, -0.2) is 0 Å². The van der Waals surface area contributed by atoms with Crippen LogP contribution < -0.4 is 0 Å². The molecule has 2 heteroatoms. The maximum atomic E-state index is 11.0. The van der Waals surface area contributed by atoms with E-state index in [1.165, 1.54) is 5.57 Å². The Labute approximate surface area is 68.9 Å². The lowest BCUT2D eigenvalue weighted by Crippen LogP contribution is -2.25. The highest BCUT2D eigenvalue weighted by Crippen LogP contribution is 1.93. The molecule has 0 spiro atoms. The summed E-state index contributed by atoms with van der Waals surface area (Å²) in [6, 6.07) is 0. The molecule has 0 radical (unpaired) electrons. The molecular formula is C9H17NO. The summed E-state index contributed by atoms with van der Waals surface area (Å²) in [5.41, 5.74) is 1.25. The molecule has 0 aromatic carbocycles. The fraction of sp³-hybridized carbons (Fsp3) is 0.667. The Bertz CT molecular complexity index is 157. The highest BCUT2D eigenvalue weighted by atomic mass is 16.2. The van der Waals surface area contributed by atoms with E-state index in [1.807, 2.05) is 33.9 Å². The van der Waals surface area contributed by atoms with Crippen LogP contribution in [0.1, 0.15) is 27.2 Å². The number of hydrogen-bond donors (Lipinski definition) is 0. The van der Waals surface area contributed by atoms with Crippen LogP contribution in [0.15, 0.2) is 11.6 Å². The van der Waals surface area contributed by atoms with Crippen LogP contribution in [0.3, 0.4) is 0 Å². The van der Waals surface area contributed by atoms with Crippen LogP contribution in [-0.4, -0.2) is 24.4 Å². The van der Waals surface area contributed by atoms with E-state index < -0.39 is 0 Å². The van der Waals surface area contributed by atoms with Gasteiger partial charge in [-0.05, 0) is 13.8 Å². The Morgan fingerprint density at radius 3 is 2.36 bits per heavy atom. The van der Waals surface area contributed by atoms with Crippen LogP contribution in [-0.2, 0) is 4.79 Å². The van der Waals surface area contributed by atoms with E-state index in [0.29, 0.717) is 6.42 Å². The largest absolute Gasteiger partial charge is 0.342 e. The molecule has 0 N–H and O–H groups in total. The highest BCUT2D eigenvalue weighted by molar-refractivity contribution is 5.75. The predicted molar refractivity (Wildman–Crippen MR) is 47.4 cm³/mol. The molecule has 11 heavy (non-hydrogen) atoms. The fourth-order valence-electron chi connectivity index (χ4n) is 0.691. The van der Waals surface area contributed by atoms with Crippen molar-refractivity contribution in [1.82, 2.24) is 4.90 Å². The molecule has 0 unspecified atom stereocenters. The molecule has 0 saturated heterocycles. The molecule has 0 rings (SSSR count). The lowest BCUT2D eigenvalue weighted by atomic mass is 10.3. The first-order chi connectivity index (χ1) is 5.07. The third-order valence-electron chi connectivity index (χ3n) is 1.50. The van der Waals surface area contributed by atoms with E-state index in [1.54, 1.807) is 4.90 Å². The molecule has 1 amide bonds. The zero-order chi connectivity index (χ0) is 8.85. The summed E-state index contributed by atoms with van der Waals surface area (Å²) >= 11 is 0. The summed E-state index contributed by atoms with van der Waals surface area (Å²) in [5.74, 6) is 0.197. The van der Waals surface area contributed by atoms with Crippen LogP contribution in [0.2, 0.25) is 0 Å². The molecule has 0 saturated carbocycles. The normalized spacial score (nSPS) is 9.09. The summed E-state index contributed by atoms with van der Waals surface area (Å²) in [5, 5.41) is 0. The molecule has 0 aromatic heterocycles. The van der Waals surface area contributed by atoms with Gasteiger partial charge < -0.3 is 4.90 Å². The number of hydrogen-bond acceptors (Lipinski definition) is 1. The summed E-state index contributed by atoms with van der Waals surface area (Å²) in [6.07, 6.45) is 2.64. The highest BCUT2D eigenvalue weighted by Gasteiger charge is 2.01. The second kappa shape index (κ2) is 4.94. The zero-order valence-electron chi connectivity index (χ0n) is 7.85. The first-order valence-electron chi connectivity index (χ1n) is 3.95. The first kappa shape index (κ1) is 10.2. The molecule has 0 aromatic rings. The summed E-state index contributed by atoms with van der Waals surface area (Å²) in [7, 11) is 1.82. The molecule has 0 aliphatic carbocycles. The topological polar surface area (TPSA) is 20.3 Å². The third kappa shape index (κ3) is 4.59. The Morgan fingerprint density at radius 2 is 2.00 bits per heavy atom. The van der Waals surface area contributed by atoms with Crippen molar-refractivity contribution in [3.05, 3.63) is 11.6 Å². The monoisotopic (exact) mass is 155 g/mol. The smallest absolute Gasteiger partial charge is 0.222 e. The van der Waals surface area contributed by atoms with Crippen LogP contribution >= 0.6 is 0 Å². The van der Waals surface area contributed by atoms with Crippen LogP contribution in [0, 0.1) is 0 Å². The van der Waals surface area contributed by atoms with Gasteiger partial charge in [-0.3, -0.25) is 4.79 Å². The summed E-state index contributed by atoms with van der Waals surface area (Å²) < 4.78 is 0. The Morgan fingerprint density at radius 1 is 1.45 bits per heavy atom. The first-order valence-corrected chi connectivity index (χ1v) is 3.95. The average molecular weight is 155 g/mol. The van der Waals surface area contributed by atoms with Crippen molar-refractivity contribution in [2.24, 2.45) is 0 Å². The quantitative estimate of drug-likeness (QED) is 0.569. The van der Waals surface area contributed by atoms with E-state index >= 15 is 0 Å². The van der Waals surface area contributed by atoms with Gasteiger partial charge in [0, 0.05) is 20.0 Å². The van der Waals surface area contributed by atoms with Gasteiger partial charge in [0.15, 0.2) is 0 Å². The van der Waals surface area contributed by atoms with Crippen molar-refractivity contribution in [3.63, 3.8) is 0 Å². The number of carbonyl (C=O) groups excluding carboxylic acids is 1. The molecule has 64 valence electrons. The number of carbonyl (C=O) groups is 1. The average Bonchev–Trinajstić information content (AvgIpc) is 1.98. The van der Waals surface area contributed by atoms with Crippen molar-refractivity contribution in [3.8, 4) is 0 Å². The van der Waals surface area contributed by atoms with Crippen molar-refractivity contribution >= 4 is 5.91 Å². The van der Waals surface area contributed by atoms with Gasteiger partial charge >= 0.3 is 0 Å². The molecule has 0 atom stereocenters. The Kier molecular flexibility index (Phi) is 4.59. The number of amides is 1. The van der Waals surface area contributed by atoms with Gasteiger partial charge in [0.25, 0.3) is 0 Å². The second-order valence-electron chi connectivity index (χ2n) is 2.91. The van der Waals surface area contributed by atoms with Crippen molar-refractivity contribution in [1.29, 1.82) is 0 Å². The number of nitrogens with zero attached hydrogens (tertiary/aromatic N) is 1. The Hall–Kier alpha value is -0.790. The van der Waals surface area contributed by atoms with Crippen molar-refractivity contribution in [2.45, 2.75) is 27.2 Å². The van der Waals surface area contributed by atoms with E-state index in [0.717, 1.165) is 6.54 Å². The molecule has 0 bridgehead atoms. The standard InChI is InChI=1S/C9H17NO/c1-5-9(11)10(4)7-6-8(2)3/h6H,5,7H2,1-4H3. The zero-order valence-corrected chi connectivity index (χ0v) is 7.85. The lowest BCUT2D eigenvalue weighted by Gasteiger charge is -2.13. The third-order valence-corrected chi connectivity index (χ3v) is 1.50. The Balaban J connectivity index is 3.78. The van der Waals surface area contributed by atoms with Gasteiger partial charge in [-0.2, -0.15) is 0 Å². The summed E-state index contributed by atoms with van der Waals surface area (Å²) in [6.45, 7) is 6.67. The number of rotatable bonds is 3. The summed E-state index contributed by atoms with van der Waals surface area (Å²) in [4.78, 5) is 12.8. The number of allylic oxidation sites excluding steroid dienone is 1. The minimum atomic E-state index is 0.197. The van der Waals surface area contributed by atoms with Gasteiger partial charge in [-0.1, -0.05) is 18.6 Å². The van der Waals surface area contributed by atoms with Gasteiger partial charge in [-0.15, -0.1) is 0 Å². The lowest BCUT2D eigenvalue weighted by molar-refractivity contribution is -0.129. The molecule has 0 aliphatic heterocycles. The van der Waals surface area contributed by atoms with Crippen molar-refractivity contribution in [2.75, 3.05) is 13.6 Å². The molecule has 0 aliphatic rings. The van der Waals surface area contributed by atoms with E-state index in [-0.39, 0.29) is 5.91 Å². The van der Waals surface area contributed by atoms with Crippen LogP contribution in [0.5, 0.6) is 0 Å². The predicted octanol–water partition coefficient (Wildman–Crippen LogP) is 1.82. The minimum absolute atomic E-state index is 0.197. The van der Waals surface area contributed by atoms with Crippen LogP contribution in [0.4, 0.5) is 0 Å². The second-order valence-corrected chi connectivity index (χ2v) is 2.91. The SMILES string of the molecule is CCC(=O)N(C)CC=C(C)C. The van der Waals surface area contributed by atoms with E-state index in [9.17, 15) is 4.79 Å². The van der Waals surface area contributed by atoms with Gasteiger partial charge in [0.05, 0.1) is 0 Å². The molecular weight excluding hydrogens is 138 g/mol. The van der Waals surface area contributed by atoms with Gasteiger partial charge in [0.1, 0.15) is 0 Å². The maximum Gasteiger partial charge on any atom is 0.222 e. The number of likely N-dealkylation sites (N-methyl/N-ethyl adjacent to an activating group) is 1. The van der Waals surface area contributed by atoms with Crippen LogP contribution in [0.25, 0.3) is 0 Å². The minimum Gasteiger partial charge on any atom is -0.342 e. The van der Waals surface area contributed by atoms with Crippen molar-refractivity contribution < 1.29 is 4.79 Å². The molecule has 2 nitrogen and oxygen atoms in total. The van der Waals surface area contributed by atoms with Gasteiger partial charge in [0.2, 0.25) is 5.91 Å². The molecule has 0 heterocycles. The van der Waals surface area contributed by atoms with E-state index in [2.05, 4.69) is 0 Å².